The lowest BCUT2D eigenvalue weighted by atomic mass is 10.2. The molecule has 0 radical (unpaired) electrons. The van der Waals surface area contributed by atoms with Crippen molar-refractivity contribution in [2.75, 3.05) is 0 Å². The number of aryl methyl sites for hydroxylation is 2. The van der Waals surface area contributed by atoms with Crippen molar-refractivity contribution in [2.24, 2.45) is 0 Å². The van der Waals surface area contributed by atoms with E-state index < -0.39 is 0 Å². The largest absolute Gasteiger partial charge is 0.465 e. The second-order valence-electron chi connectivity index (χ2n) is 4.73. The summed E-state index contributed by atoms with van der Waals surface area (Å²) in [4.78, 5) is 18.6. The lowest BCUT2D eigenvalue weighted by Crippen LogP contribution is -2.02. The van der Waals surface area contributed by atoms with Crippen LogP contribution in [0.4, 0.5) is 0 Å². The van der Waals surface area contributed by atoms with E-state index in [0.29, 0.717) is 17.0 Å². The van der Waals surface area contributed by atoms with Crippen LogP contribution < -0.4 is 5.63 Å². The second kappa shape index (κ2) is 4.45. The molecular formula is C15H11NO3S. The van der Waals surface area contributed by atoms with Crippen molar-refractivity contribution >= 4 is 33.7 Å². The minimum Gasteiger partial charge on any atom is -0.465 e. The van der Waals surface area contributed by atoms with Crippen molar-refractivity contribution in [1.29, 1.82) is 0 Å². The summed E-state index contributed by atoms with van der Waals surface area (Å²) >= 11 is 1.61. The van der Waals surface area contributed by atoms with Crippen LogP contribution >= 0.6 is 11.3 Å². The molecule has 1 aliphatic rings. The van der Waals surface area contributed by atoms with Crippen LogP contribution in [0.1, 0.15) is 28.5 Å². The van der Waals surface area contributed by atoms with Crippen LogP contribution in [0.25, 0.3) is 22.4 Å². The molecule has 0 unspecified atom stereocenters. The normalized spacial score (nSPS) is 14.4. The van der Waals surface area contributed by atoms with Crippen molar-refractivity contribution in [2.45, 2.75) is 19.3 Å². The molecule has 100 valence electrons. The number of fused-ring (bicyclic) bond motifs is 3. The van der Waals surface area contributed by atoms with Gasteiger partial charge < -0.3 is 8.83 Å². The number of hydrogen-bond donors (Lipinski definition) is 0. The molecule has 3 aromatic heterocycles. The van der Waals surface area contributed by atoms with E-state index in [1.807, 2.05) is 6.07 Å². The van der Waals surface area contributed by atoms with Crippen LogP contribution in [0.3, 0.4) is 0 Å². The van der Waals surface area contributed by atoms with Gasteiger partial charge in [-0.2, -0.15) is 0 Å². The van der Waals surface area contributed by atoms with Gasteiger partial charge in [0.15, 0.2) is 0 Å². The van der Waals surface area contributed by atoms with E-state index in [9.17, 15) is 4.79 Å². The molecule has 0 N–H and O–H groups in total. The third-order valence-corrected chi connectivity index (χ3v) is 4.63. The standard InChI is InChI=1S/C15H11NO3S/c17-15-13-10-4-1-5-11(10)20-14(13)16-12(19-15)7-6-9-3-2-8-18-9/h2-3,6-8H,1,4-5H2. The maximum Gasteiger partial charge on any atom is 0.348 e. The minimum absolute atomic E-state index is 0.284. The van der Waals surface area contributed by atoms with Crippen molar-refractivity contribution in [3.8, 4) is 0 Å². The van der Waals surface area contributed by atoms with E-state index in [1.54, 1.807) is 35.8 Å². The maximum atomic E-state index is 12.1. The highest BCUT2D eigenvalue weighted by molar-refractivity contribution is 7.18. The van der Waals surface area contributed by atoms with Crippen LogP contribution in [0.15, 0.2) is 32.0 Å². The van der Waals surface area contributed by atoms with Gasteiger partial charge in [-0.1, -0.05) is 0 Å². The van der Waals surface area contributed by atoms with Crippen LogP contribution in [-0.4, -0.2) is 4.98 Å². The Hall–Kier alpha value is -2.14. The van der Waals surface area contributed by atoms with Gasteiger partial charge in [0.25, 0.3) is 0 Å². The van der Waals surface area contributed by atoms with Crippen molar-refractivity contribution in [1.82, 2.24) is 4.98 Å². The zero-order valence-corrected chi connectivity index (χ0v) is 11.4. The highest BCUT2D eigenvalue weighted by Crippen LogP contribution is 2.34. The number of furan rings is 1. The zero-order chi connectivity index (χ0) is 13.5. The Balaban J connectivity index is 1.81. The number of aromatic nitrogens is 1. The van der Waals surface area contributed by atoms with E-state index in [2.05, 4.69) is 4.98 Å². The lowest BCUT2D eigenvalue weighted by Gasteiger charge is -1.94. The molecule has 0 atom stereocenters. The van der Waals surface area contributed by atoms with Gasteiger partial charge in [-0.15, -0.1) is 11.3 Å². The molecule has 3 aromatic rings. The fourth-order valence-corrected chi connectivity index (χ4v) is 3.81. The molecule has 0 bridgehead atoms. The number of thiophene rings is 1. The summed E-state index contributed by atoms with van der Waals surface area (Å²) < 4.78 is 10.5. The second-order valence-corrected chi connectivity index (χ2v) is 5.81. The lowest BCUT2D eigenvalue weighted by molar-refractivity contribution is 0.490. The first-order valence-electron chi connectivity index (χ1n) is 6.48. The molecular weight excluding hydrogens is 274 g/mol. The third-order valence-electron chi connectivity index (χ3n) is 3.45. The van der Waals surface area contributed by atoms with Gasteiger partial charge >= 0.3 is 5.63 Å². The van der Waals surface area contributed by atoms with Crippen molar-refractivity contribution < 1.29 is 8.83 Å². The molecule has 4 nitrogen and oxygen atoms in total. The first-order valence-corrected chi connectivity index (χ1v) is 7.30. The van der Waals surface area contributed by atoms with Gasteiger partial charge in [0, 0.05) is 11.0 Å². The molecule has 3 heterocycles. The molecule has 0 spiro atoms. The molecule has 4 rings (SSSR count). The Kier molecular flexibility index (Phi) is 2.60. The summed E-state index contributed by atoms with van der Waals surface area (Å²) in [6, 6.07) is 3.63. The van der Waals surface area contributed by atoms with Crippen molar-refractivity contribution in [3.05, 3.63) is 50.9 Å². The van der Waals surface area contributed by atoms with Gasteiger partial charge in [-0.05, 0) is 43.0 Å². The van der Waals surface area contributed by atoms with E-state index in [4.69, 9.17) is 8.83 Å². The minimum atomic E-state index is -0.284. The fourth-order valence-electron chi connectivity index (χ4n) is 2.56. The Bertz CT molecular complexity index is 855. The van der Waals surface area contributed by atoms with Crippen LogP contribution in [0, 0.1) is 0 Å². The molecule has 0 amide bonds. The Morgan fingerprint density at radius 3 is 3.10 bits per heavy atom. The van der Waals surface area contributed by atoms with Crippen molar-refractivity contribution in [3.63, 3.8) is 0 Å². The quantitative estimate of drug-likeness (QED) is 0.723. The average molecular weight is 285 g/mol. The van der Waals surface area contributed by atoms with Gasteiger partial charge in [-0.3, -0.25) is 0 Å². The molecule has 1 aliphatic carbocycles. The van der Waals surface area contributed by atoms with Gasteiger partial charge in [-0.25, -0.2) is 9.78 Å². The zero-order valence-electron chi connectivity index (χ0n) is 10.6. The Morgan fingerprint density at radius 2 is 2.25 bits per heavy atom. The van der Waals surface area contributed by atoms with Crippen LogP contribution in [0.5, 0.6) is 0 Å². The predicted molar refractivity (Wildman–Crippen MR) is 77.8 cm³/mol. The van der Waals surface area contributed by atoms with Crippen LogP contribution in [0.2, 0.25) is 0 Å². The number of nitrogens with zero attached hydrogens (tertiary/aromatic N) is 1. The summed E-state index contributed by atoms with van der Waals surface area (Å²) in [6.07, 6.45) is 8.12. The van der Waals surface area contributed by atoms with E-state index in [0.717, 1.165) is 29.7 Å². The average Bonchev–Trinajstić information content (AvgIpc) is 3.12. The Labute approximate surface area is 118 Å². The molecule has 0 saturated heterocycles. The smallest absolute Gasteiger partial charge is 0.348 e. The topological polar surface area (TPSA) is 56.2 Å². The summed E-state index contributed by atoms with van der Waals surface area (Å²) in [6.45, 7) is 0. The fraction of sp³-hybridized carbons (Fsp3) is 0.200. The Morgan fingerprint density at radius 1 is 1.30 bits per heavy atom. The molecule has 0 saturated carbocycles. The highest BCUT2D eigenvalue weighted by atomic mass is 32.1. The first-order chi connectivity index (χ1) is 9.81. The highest BCUT2D eigenvalue weighted by Gasteiger charge is 2.21. The van der Waals surface area contributed by atoms with Gasteiger partial charge in [0.1, 0.15) is 16.0 Å². The third kappa shape index (κ3) is 1.82. The molecule has 0 aromatic carbocycles. The van der Waals surface area contributed by atoms with E-state index >= 15 is 0 Å². The van der Waals surface area contributed by atoms with E-state index in [1.165, 1.54) is 4.88 Å². The number of hydrogen-bond acceptors (Lipinski definition) is 5. The van der Waals surface area contributed by atoms with E-state index in [-0.39, 0.29) is 5.63 Å². The predicted octanol–water partition coefficient (Wildman–Crippen LogP) is 3.50. The molecule has 5 heteroatoms. The SMILES string of the molecule is O=c1oc(C=Cc2ccco2)nc2sc3c(c12)CCC3. The summed E-state index contributed by atoms with van der Waals surface area (Å²) in [5, 5.41) is 0.678. The summed E-state index contributed by atoms with van der Waals surface area (Å²) in [5.41, 5.74) is 0.862. The molecule has 20 heavy (non-hydrogen) atoms. The first kappa shape index (κ1) is 11.7. The number of rotatable bonds is 2. The van der Waals surface area contributed by atoms with Gasteiger partial charge in [0.2, 0.25) is 5.89 Å². The monoisotopic (exact) mass is 285 g/mol. The molecule has 0 aliphatic heterocycles. The molecule has 0 fully saturated rings. The summed E-state index contributed by atoms with van der Waals surface area (Å²) in [5.74, 6) is 1.02. The summed E-state index contributed by atoms with van der Waals surface area (Å²) in [7, 11) is 0. The van der Waals surface area contributed by atoms with Gasteiger partial charge in [0.05, 0.1) is 6.26 Å². The van der Waals surface area contributed by atoms with Crippen LogP contribution in [-0.2, 0) is 12.8 Å². The maximum absolute atomic E-state index is 12.1.